The maximum atomic E-state index is 3.32. The Balaban J connectivity index is 3.10. The summed E-state index contributed by atoms with van der Waals surface area (Å²) in [6, 6.07) is 0. The molecule has 1 heteroatoms. The van der Waals surface area contributed by atoms with Gasteiger partial charge in [-0.1, -0.05) is 36.7 Å². The highest BCUT2D eigenvalue weighted by molar-refractivity contribution is 9.10. The average Bonchev–Trinajstić information content (AvgIpc) is 1.65. The van der Waals surface area contributed by atoms with Gasteiger partial charge in [-0.15, -0.1) is 0 Å². The van der Waals surface area contributed by atoms with Crippen LogP contribution >= 0.6 is 15.9 Å². The van der Waals surface area contributed by atoms with Gasteiger partial charge in [-0.2, -0.15) is 0 Å². The SMILES string of the molecule is CC(C)CC(C)[CH]Br. The molecule has 0 aliphatic heterocycles. The van der Waals surface area contributed by atoms with Gasteiger partial charge in [-0.05, 0) is 18.3 Å². The van der Waals surface area contributed by atoms with Gasteiger partial charge in [0.2, 0.25) is 0 Å². The summed E-state index contributed by atoms with van der Waals surface area (Å²) in [7, 11) is 0. The van der Waals surface area contributed by atoms with Crippen LogP contribution < -0.4 is 0 Å². The predicted octanol–water partition coefficient (Wildman–Crippen LogP) is 3.23. The Morgan fingerprint density at radius 3 is 2.00 bits per heavy atom. The second-order valence-electron chi connectivity index (χ2n) is 2.73. The Kier molecular flexibility index (Phi) is 4.63. The second kappa shape index (κ2) is 4.37. The molecule has 49 valence electrons. The molecule has 0 aromatic rings. The summed E-state index contributed by atoms with van der Waals surface area (Å²) >= 11 is 3.32. The third-order valence-corrected chi connectivity index (χ3v) is 1.96. The number of hydrogen-bond acceptors (Lipinski definition) is 0. The average molecular weight is 178 g/mol. The molecule has 0 nitrogen and oxygen atoms in total. The molecular weight excluding hydrogens is 164 g/mol. The highest BCUT2D eigenvalue weighted by Crippen LogP contribution is 2.15. The van der Waals surface area contributed by atoms with Crippen LogP contribution in [-0.4, -0.2) is 0 Å². The summed E-state index contributed by atoms with van der Waals surface area (Å²) in [5, 5.41) is 2.08. The zero-order valence-corrected chi connectivity index (χ0v) is 7.40. The highest BCUT2D eigenvalue weighted by atomic mass is 79.9. The molecule has 0 amide bonds. The van der Waals surface area contributed by atoms with Crippen LogP contribution in [0, 0.1) is 17.2 Å². The predicted molar refractivity (Wildman–Crippen MR) is 41.8 cm³/mol. The minimum absolute atomic E-state index is 0.718. The van der Waals surface area contributed by atoms with Crippen molar-refractivity contribution in [2.45, 2.75) is 27.2 Å². The van der Waals surface area contributed by atoms with Gasteiger partial charge >= 0.3 is 0 Å². The van der Waals surface area contributed by atoms with Crippen molar-refractivity contribution in [1.29, 1.82) is 0 Å². The lowest BCUT2D eigenvalue weighted by atomic mass is 10.0. The van der Waals surface area contributed by atoms with Crippen LogP contribution in [0.4, 0.5) is 0 Å². The zero-order valence-electron chi connectivity index (χ0n) is 5.82. The van der Waals surface area contributed by atoms with E-state index >= 15 is 0 Å². The molecule has 0 bridgehead atoms. The van der Waals surface area contributed by atoms with Gasteiger partial charge in [0.05, 0.1) is 0 Å². The summed E-state index contributed by atoms with van der Waals surface area (Å²) < 4.78 is 0. The van der Waals surface area contributed by atoms with E-state index in [1.807, 2.05) is 0 Å². The van der Waals surface area contributed by atoms with Crippen molar-refractivity contribution in [2.75, 3.05) is 0 Å². The van der Waals surface area contributed by atoms with E-state index in [-0.39, 0.29) is 0 Å². The lowest BCUT2D eigenvalue weighted by molar-refractivity contribution is 0.497. The topological polar surface area (TPSA) is 0 Å². The zero-order chi connectivity index (χ0) is 6.57. The minimum Gasteiger partial charge on any atom is -0.0876 e. The fraction of sp³-hybridized carbons (Fsp3) is 0.857. The molecule has 0 aliphatic carbocycles. The van der Waals surface area contributed by atoms with Crippen molar-refractivity contribution in [3.63, 3.8) is 0 Å². The summed E-state index contributed by atoms with van der Waals surface area (Å²) in [6.07, 6.45) is 1.28. The first-order valence-electron chi connectivity index (χ1n) is 3.10. The van der Waals surface area contributed by atoms with E-state index in [9.17, 15) is 0 Å². The molecule has 0 heterocycles. The van der Waals surface area contributed by atoms with E-state index in [4.69, 9.17) is 0 Å². The van der Waals surface area contributed by atoms with Crippen LogP contribution in [0.1, 0.15) is 27.2 Å². The van der Waals surface area contributed by atoms with Gasteiger partial charge in [-0.25, -0.2) is 0 Å². The monoisotopic (exact) mass is 177 g/mol. The first kappa shape index (κ1) is 8.48. The van der Waals surface area contributed by atoms with Gasteiger partial charge in [-0.3, -0.25) is 0 Å². The van der Waals surface area contributed by atoms with Crippen molar-refractivity contribution in [1.82, 2.24) is 0 Å². The highest BCUT2D eigenvalue weighted by Gasteiger charge is 2.01. The molecule has 8 heavy (non-hydrogen) atoms. The van der Waals surface area contributed by atoms with Crippen LogP contribution in [0.25, 0.3) is 0 Å². The van der Waals surface area contributed by atoms with Gasteiger partial charge in [0.25, 0.3) is 0 Å². The smallest absolute Gasteiger partial charge is 0.0299 e. The normalized spacial score (nSPS) is 14.6. The molecule has 0 fully saturated rings. The molecule has 0 aromatic carbocycles. The minimum atomic E-state index is 0.718. The molecule has 0 saturated carbocycles. The largest absolute Gasteiger partial charge is 0.0876 e. The van der Waals surface area contributed by atoms with Crippen molar-refractivity contribution >= 4 is 15.9 Å². The van der Waals surface area contributed by atoms with Crippen molar-refractivity contribution in [2.24, 2.45) is 11.8 Å². The van der Waals surface area contributed by atoms with Crippen molar-refractivity contribution in [3.05, 3.63) is 5.33 Å². The maximum absolute atomic E-state index is 3.32. The van der Waals surface area contributed by atoms with E-state index in [1.165, 1.54) is 6.42 Å². The molecular formula is C7H14Br. The fourth-order valence-corrected chi connectivity index (χ4v) is 1.01. The quantitative estimate of drug-likeness (QED) is 0.622. The number of halogens is 1. The number of rotatable bonds is 3. The summed E-state index contributed by atoms with van der Waals surface area (Å²) in [5.74, 6) is 1.54. The number of hydrogen-bond donors (Lipinski definition) is 0. The molecule has 0 N–H and O–H groups in total. The van der Waals surface area contributed by atoms with Crippen molar-refractivity contribution < 1.29 is 0 Å². The second-order valence-corrected chi connectivity index (χ2v) is 3.26. The molecule has 1 atom stereocenters. The lowest BCUT2D eigenvalue weighted by Gasteiger charge is -2.08. The van der Waals surface area contributed by atoms with E-state index < -0.39 is 0 Å². The third kappa shape index (κ3) is 4.63. The maximum Gasteiger partial charge on any atom is 0.0299 e. The molecule has 1 radical (unpaired) electrons. The van der Waals surface area contributed by atoms with E-state index in [1.54, 1.807) is 0 Å². The van der Waals surface area contributed by atoms with Crippen LogP contribution in [0.5, 0.6) is 0 Å². The molecule has 0 rings (SSSR count). The van der Waals surface area contributed by atoms with E-state index in [2.05, 4.69) is 42.0 Å². The van der Waals surface area contributed by atoms with E-state index in [0.29, 0.717) is 0 Å². The van der Waals surface area contributed by atoms with Crippen LogP contribution in [0.2, 0.25) is 0 Å². The lowest BCUT2D eigenvalue weighted by Crippen LogP contribution is -1.96. The standard InChI is InChI=1S/C7H14Br/c1-6(2)4-7(3)5-8/h5-7H,4H2,1-3H3. The van der Waals surface area contributed by atoms with Gasteiger partial charge < -0.3 is 0 Å². The fourth-order valence-electron chi connectivity index (χ4n) is 0.795. The Bertz CT molecular complexity index is 50.3. The Hall–Kier alpha value is 0.480. The molecule has 0 aliphatic rings. The molecule has 1 unspecified atom stereocenters. The first-order chi connectivity index (χ1) is 3.66. The Morgan fingerprint density at radius 2 is 1.88 bits per heavy atom. The molecule has 0 aromatic heterocycles. The summed E-state index contributed by atoms with van der Waals surface area (Å²) in [6.45, 7) is 6.70. The Morgan fingerprint density at radius 1 is 1.38 bits per heavy atom. The summed E-state index contributed by atoms with van der Waals surface area (Å²) in [5.41, 5.74) is 0. The van der Waals surface area contributed by atoms with Gasteiger partial charge in [0.15, 0.2) is 0 Å². The van der Waals surface area contributed by atoms with Gasteiger partial charge in [0, 0.05) is 5.33 Å². The molecule has 0 spiro atoms. The van der Waals surface area contributed by atoms with Crippen LogP contribution in [-0.2, 0) is 0 Å². The summed E-state index contributed by atoms with van der Waals surface area (Å²) in [4.78, 5) is 0. The Labute approximate surface area is 60.8 Å². The third-order valence-electron chi connectivity index (χ3n) is 1.06. The van der Waals surface area contributed by atoms with Crippen LogP contribution in [0.15, 0.2) is 0 Å². The van der Waals surface area contributed by atoms with E-state index in [0.717, 1.165) is 11.8 Å². The van der Waals surface area contributed by atoms with Crippen molar-refractivity contribution in [3.8, 4) is 0 Å². The van der Waals surface area contributed by atoms with Crippen LogP contribution in [0.3, 0.4) is 0 Å². The van der Waals surface area contributed by atoms with Gasteiger partial charge in [0.1, 0.15) is 0 Å². The first-order valence-corrected chi connectivity index (χ1v) is 4.02. The molecule has 0 saturated heterocycles.